The Morgan fingerprint density at radius 3 is 1.57 bits per heavy atom. The van der Waals surface area contributed by atoms with Crippen molar-refractivity contribution in [2.75, 3.05) is 6.61 Å². The first-order valence-electron chi connectivity index (χ1n) is 4.84. The Morgan fingerprint density at radius 1 is 0.857 bits per heavy atom. The molecule has 0 fully saturated rings. The lowest BCUT2D eigenvalue weighted by molar-refractivity contribution is -0.338. The molecule has 1 atom stereocenters. The summed E-state index contributed by atoms with van der Waals surface area (Å²) in [5.74, 6) is -4.49. The average molecular weight is 408 g/mol. The fraction of sp³-hybridized carbons (Fsp3) is 0.300. The quantitative estimate of drug-likeness (QED) is 0.270. The van der Waals surface area contributed by atoms with Gasteiger partial charge >= 0.3 is 12.0 Å². The highest BCUT2D eigenvalue weighted by Crippen LogP contribution is 2.53. The minimum absolute atomic E-state index is 0.0823. The van der Waals surface area contributed by atoms with E-state index in [2.05, 4.69) is 4.74 Å². The lowest BCUT2D eigenvalue weighted by atomic mass is 10.1. The van der Waals surface area contributed by atoms with Gasteiger partial charge in [-0.05, 0) is 0 Å². The van der Waals surface area contributed by atoms with Crippen LogP contribution in [0.2, 0.25) is 25.1 Å². The first kappa shape index (κ1) is 19.1. The smallest absolute Gasteiger partial charge is 0.328 e. The summed E-state index contributed by atoms with van der Waals surface area (Å²) in [5, 5.41) is -3.58. The largest absolute Gasteiger partial charge is 0.453 e. The Labute approximate surface area is 140 Å². The topological polar surface area (TPSA) is 26.3 Å². The van der Waals surface area contributed by atoms with Gasteiger partial charge in [-0.2, -0.15) is 17.6 Å². The van der Waals surface area contributed by atoms with Gasteiger partial charge in [-0.3, -0.25) is 0 Å². The maximum Gasteiger partial charge on any atom is 0.453 e. The van der Waals surface area contributed by atoms with Gasteiger partial charge in [0, 0.05) is 0 Å². The molecule has 2 nitrogen and oxygen atoms in total. The van der Waals surface area contributed by atoms with Crippen molar-refractivity contribution in [2.45, 2.75) is 12.0 Å². The Bertz CT molecular complexity index is 549. The second kappa shape index (κ2) is 6.64. The van der Waals surface area contributed by atoms with E-state index in [1.165, 1.54) is 0 Å². The van der Waals surface area contributed by atoms with E-state index in [1.807, 2.05) is 0 Å². The molecular weight excluding hydrogens is 405 g/mol. The molecule has 0 aliphatic rings. The fourth-order valence-electron chi connectivity index (χ4n) is 1.33. The van der Waals surface area contributed by atoms with E-state index in [4.69, 9.17) is 58.0 Å². The third-order valence-electron chi connectivity index (χ3n) is 2.25. The molecule has 0 amide bonds. The minimum Gasteiger partial charge on any atom is -0.328 e. The van der Waals surface area contributed by atoms with Crippen LogP contribution in [0, 0.1) is 0 Å². The molecule has 0 aromatic heterocycles. The van der Waals surface area contributed by atoms with Crippen LogP contribution < -0.4 is 0 Å². The monoisotopic (exact) mass is 406 g/mol. The summed E-state index contributed by atoms with van der Waals surface area (Å²) in [4.78, 5) is 10.2. The van der Waals surface area contributed by atoms with Crippen molar-refractivity contribution in [3.05, 3.63) is 30.7 Å². The predicted molar refractivity (Wildman–Crippen MR) is 72.3 cm³/mol. The van der Waals surface area contributed by atoms with Gasteiger partial charge < -0.3 is 9.53 Å². The number of rotatable bonds is 4. The lowest BCUT2D eigenvalue weighted by Gasteiger charge is -2.29. The molecule has 0 N–H and O–H groups in total. The van der Waals surface area contributed by atoms with E-state index in [-0.39, 0.29) is 6.29 Å². The molecule has 21 heavy (non-hydrogen) atoms. The molecule has 0 aliphatic carbocycles. The highest BCUT2D eigenvalue weighted by atomic mass is 35.5. The Morgan fingerprint density at radius 2 is 1.24 bits per heavy atom. The molecule has 11 heteroatoms. The van der Waals surface area contributed by atoms with E-state index in [1.54, 1.807) is 0 Å². The van der Waals surface area contributed by atoms with Crippen LogP contribution in [-0.4, -0.2) is 19.1 Å². The summed E-state index contributed by atoms with van der Waals surface area (Å²) >= 11 is 27.9. The van der Waals surface area contributed by atoms with Crippen LogP contribution in [0.3, 0.4) is 0 Å². The van der Waals surface area contributed by atoms with Gasteiger partial charge in [0.25, 0.3) is 0 Å². The number of hydrogen-bond acceptors (Lipinski definition) is 2. The Balaban J connectivity index is 3.71. The number of ether oxygens (including phenoxy) is 1. The molecule has 1 rings (SSSR count). The minimum atomic E-state index is -5.61. The van der Waals surface area contributed by atoms with Crippen molar-refractivity contribution in [3.8, 4) is 0 Å². The number of hydrogen-bond donors (Lipinski definition) is 0. The number of carbonyl (C=O) groups excluding carboxylic acids is 1. The van der Waals surface area contributed by atoms with Gasteiger partial charge in [0.05, 0.1) is 30.7 Å². The summed E-state index contributed by atoms with van der Waals surface area (Å²) in [6.45, 7) is -1.21. The molecule has 1 aromatic carbocycles. The molecule has 0 heterocycles. The van der Waals surface area contributed by atoms with E-state index in [0.29, 0.717) is 0 Å². The summed E-state index contributed by atoms with van der Waals surface area (Å²) in [6, 6.07) is 0. The maximum atomic E-state index is 14.4. The van der Waals surface area contributed by atoms with Crippen LogP contribution in [0.25, 0.3) is 0 Å². The number of alkyl halides is 4. The normalized spacial score (nSPS) is 14.9. The van der Waals surface area contributed by atoms with Gasteiger partial charge in [-0.15, -0.1) is 0 Å². The number of aldehydes is 1. The number of benzene rings is 1. The Kier molecular flexibility index (Phi) is 6.03. The van der Waals surface area contributed by atoms with E-state index in [9.17, 15) is 22.4 Å². The van der Waals surface area contributed by atoms with Crippen LogP contribution in [0.4, 0.5) is 17.6 Å². The first-order chi connectivity index (χ1) is 9.49. The molecule has 1 unspecified atom stereocenters. The van der Waals surface area contributed by atoms with Crippen LogP contribution in [0.5, 0.6) is 0 Å². The molecule has 1 aromatic rings. The van der Waals surface area contributed by atoms with Gasteiger partial charge in [-0.1, -0.05) is 58.0 Å². The van der Waals surface area contributed by atoms with Crippen molar-refractivity contribution in [1.82, 2.24) is 0 Å². The van der Waals surface area contributed by atoms with Crippen molar-refractivity contribution in [3.63, 3.8) is 0 Å². The fourth-order valence-corrected chi connectivity index (χ4v) is 2.71. The van der Waals surface area contributed by atoms with E-state index >= 15 is 0 Å². The third-order valence-corrected chi connectivity index (χ3v) is 4.52. The molecular formula is C10H3Cl5F4O2. The van der Waals surface area contributed by atoms with E-state index < -0.39 is 49.3 Å². The number of halogens is 9. The average Bonchev–Trinajstić information content (AvgIpc) is 2.39. The molecule has 0 saturated heterocycles. The zero-order valence-electron chi connectivity index (χ0n) is 9.50. The predicted octanol–water partition coefficient (Wildman–Crippen LogP) is 5.85. The molecule has 0 bridgehead atoms. The van der Waals surface area contributed by atoms with Crippen molar-refractivity contribution >= 4 is 64.3 Å². The summed E-state index contributed by atoms with van der Waals surface area (Å²) < 4.78 is 57.3. The van der Waals surface area contributed by atoms with Crippen LogP contribution >= 0.6 is 58.0 Å². The molecule has 118 valence electrons. The van der Waals surface area contributed by atoms with E-state index in [0.717, 1.165) is 0 Å². The lowest BCUT2D eigenvalue weighted by Crippen LogP contribution is -2.42. The maximum absolute atomic E-state index is 14.4. The first-order valence-corrected chi connectivity index (χ1v) is 6.73. The molecule has 0 aliphatic heterocycles. The van der Waals surface area contributed by atoms with Gasteiger partial charge in [0.2, 0.25) is 0 Å². The molecule has 0 radical (unpaired) electrons. The van der Waals surface area contributed by atoms with Crippen molar-refractivity contribution < 1.29 is 27.1 Å². The van der Waals surface area contributed by atoms with Gasteiger partial charge in [-0.25, -0.2) is 0 Å². The third kappa shape index (κ3) is 3.35. The van der Waals surface area contributed by atoms with Gasteiger partial charge in [0.15, 0.2) is 0 Å². The standard InChI is InChI=1S/C10H3Cl5F4O2/c11-4-3(5(12)7(14)8(15)6(4)13)9(16,10(17,18)19)21-2-1-20/h1H,2H2. The second-order valence-electron chi connectivity index (χ2n) is 3.52. The van der Waals surface area contributed by atoms with Gasteiger partial charge in [0.1, 0.15) is 12.9 Å². The second-order valence-corrected chi connectivity index (χ2v) is 5.41. The zero-order chi connectivity index (χ0) is 16.6. The van der Waals surface area contributed by atoms with Crippen molar-refractivity contribution in [2.24, 2.45) is 0 Å². The van der Waals surface area contributed by atoms with Crippen LogP contribution in [0.15, 0.2) is 0 Å². The van der Waals surface area contributed by atoms with Crippen LogP contribution in [-0.2, 0) is 15.4 Å². The molecule has 0 saturated carbocycles. The summed E-state index contributed by atoms with van der Waals surface area (Å²) in [5.41, 5.74) is -1.38. The molecule has 0 spiro atoms. The van der Waals surface area contributed by atoms with Crippen molar-refractivity contribution in [1.29, 1.82) is 0 Å². The summed E-state index contributed by atoms with van der Waals surface area (Å²) in [6.07, 6.45) is -5.69. The Hall–Kier alpha value is 0.0200. The van der Waals surface area contributed by atoms with Crippen LogP contribution in [0.1, 0.15) is 5.56 Å². The number of carbonyl (C=O) groups is 1. The SMILES string of the molecule is O=CCOC(F)(c1c(Cl)c(Cl)c(Cl)c(Cl)c1Cl)C(F)(F)F. The zero-order valence-corrected chi connectivity index (χ0v) is 13.3. The summed E-state index contributed by atoms with van der Waals surface area (Å²) in [7, 11) is 0. The highest BCUT2D eigenvalue weighted by Gasteiger charge is 2.61. The highest BCUT2D eigenvalue weighted by molar-refractivity contribution is 6.55.